The third-order valence-corrected chi connectivity index (χ3v) is 2.92. The van der Waals surface area contributed by atoms with Gasteiger partial charge in [-0.1, -0.05) is 18.2 Å². The zero-order valence-corrected chi connectivity index (χ0v) is 10.1. The summed E-state index contributed by atoms with van der Waals surface area (Å²) in [5.74, 6) is 0.114. The molecule has 0 aromatic heterocycles. The predicted molar refractivity (Wildman–Crippen MR) is 66.4 cm³/mol. The minimum Gasteiger partial charge on any atom is -0.480 e. The van der Waals surface area contributed by atoms with E-state index in [1.165, 1.54) is 6.92 Å². The van der Waals surface area contributed by atoms with Gasteiger partial charge in [0.2, 0.25) is 11.8 Å². The first-order valence-electron chi connectivity index (χ1n) is 5.74. The van der Waals surface area contributed by atoms with Crippen LogP contribution in [0.2, 0.25) is 0 Å². The fourth-order valence-electron chi connectivity index (χ4n) is 2.24. The third-order valence-electron chi connectivity index (χ3n) is 2.92. The molecule has 1 amide bonds. The zero-order chi connectivity index (χ0) is 12.4. The number of hydrogen-bond acceptors (Lipinski definition) is 3. The summed E-state index contributed by atoms with van der Waals surface area (Å²) in [4.78, 5) is 13.3. The van der Waals surface area contributed by atoms with Crippen molar-refractivity contribution in [1.29, 1.82) is 5.41 Å². The van der Waals surface area contributed by atoms with Crippen molar-refractivity contribution >= 4 is 17.5 Å². The van der Waals surface area contributed by atoms with Gasteiger partial charge in [0.25, 0.3) is 0 Å². The van der Waals surface area contributed by atoms with Crippen LogP contribution in [0.25, 0.3) is 0 Å². The summed E-state index contributed by atoms with van der Waals surface area (Å²) in [6.45, 7) is 3.82. The average molecular weight is 232 g/mol. The van der Waals surface area contributed by atoms with E-state index in [0.29, 0.717) is 13.0 Å². The van der Waals surface area contributed by atoms with Gasteiger partial charge in [-0.2, -0.15) is 0 Å². The summed E-state index contributed by atoms with van der Waals surface area (Å²) in [6, 6.07) is 7.47. The van der Waals surface area contributed by atoms with Gasteiger partial charge in [0.15, 0.2) is 0 Å². The largest absolute Gasteiger partial charge is 0.480 e. The molecule has 0 radical (unpaired) electrons. The maximum atomic E-state index is 11.7. The number of benzene rings is 1. The first-order chi connectivity index (χ1) is 8.15. The van der Waals surface area contributed by atoms with Crippen molar-refractivity contribution in [3.63, 3.8) is 0 Å². The van der Waals surface area contributed by atoms with Crippen LogP contribution in [0.15, 0.2) is 24.3 Å². The summed E-state index contributed by atoms with van der Waals surface area (Å²) < 4.78 is 5.23. The van der Waals surface area contributed by atoms with Crippen LogP contribution in [-0.2, 0) is 16.0 Å². The SMILES string of the molecule is CCOC(=N)C1Cc2ccccc2N1C(C)=O. The number of nitrogens with one attached hydrogen (secondary N) is 1. The number of nitrogens with zero attached hydrogens (tertiary/aromatic N) is 1. The molecule has 0 saturated carbocycles. The summed E-state index contributed by atoms with van der Waals surface area (Å²) in [6.07, 6.45) is 0.661. The van der Waals surface area contributed by atoms with Crippen molar-refractivity contribution in [2.75, 3.05) is 11.5 Å². The fourth-order valence-corrected chi connectivity index (χ4v) is 2.24. The molecular formula is C13H16N2O2. The Labute approximate surface area is 101 Å². The van der Waals surface area contributed by atoms with E-state index >= 15 is 0 Å². The molecule has 1 heterocycles. The van der Waals surface area contributed by atoms with E-state index in [9.17, 15) is 4.79 Å². The lowest BCUT2D eigenvalue weighted by atomic mass is 10.1. The number of carbonyl (C=O) groups excluding carboxylic acids is 1. The monoisotopic (exact) mass is 232 g/mol. The predicted octanol–water partition coefficient (Wildman–Crippen LogP) is 1.98. The highest BCUT2D eigenvalue weighted by molar-refractivity contribution is 6.01. The van der Waals surface area contributed by atoms with E-state index in [1.807, 2.05) is 31.2 Å². The molecule has 0 fully saturated rings. The quantitative estimate of drug-likeness (QED) is 0.626. The molecule has 2 rings (SSSR count). The van der Waals surface area contributed by atoms with Crippen LogP contribution < -0.4 is 4.90 Å². The number of amides is 1. The van der Waals surface area contributed by atoms with Crippen LogP contribution in [0.3, 0.4) is 0 Å². The van der Waals surface area contributed by atoms with Crippen molar-refractivity contribution in [3.8, 4) is 0 Å². The second-order valence-corrected chi connectivity index (χ2v) is 4.03. The van der Waals surface area contributed by atoms with Gasteiger partial charge in [-0.3, -0.25) is 15.1 Å². The normalized spacial score (nSPS) is 17.8. The summed E-state index contributed by atoms with van der Waals surface area (Å²) in [5, 5.41) is 7.87. The lowest BCUT2D eigenvalue weighted by Crippen LogP contribution is -2.42. The summed E-state index contributed by atoms with van der Waals surface area (Å²) >= 11 is 0. The van der Waals surface area contributed by atoms with Gasteiger partial charge in [-0.15, -0.1) is 0 Å². The first-order valence-corrected chi connectivity index (χ1v) is 5.74. The third kappa shape index (κ3) is 2.02. The Bertz CT molecular complexity index is 456. The van der Waals surface area contributed by atoms with E-state index in [2.05, 4.69) is 0 Å². The van der Waals surface area contributed by atoms with E-state index in [0.717, 1.165) is 11.3 Å². The second kappa shape index (κ2) is 4.57. The van der Waals surface area contributed by atoms with Gasteiger partial charge in [0, 0.05) is 19.0 Å². The van der Waals surface area contributed by atoms with E-state index in [4.69, 9.17) is 10.1 Å². The molecule has 17 heavy (non-hydrogen) atoms. The van der Waals surface area contributed by atoms with Gasteiger partial charge >= 0.3 is 0 Å². The molecule has 90 valence electrons. The highest BCUT2D eigenvalue weighted by Crippen LogP contribution is 2.32. The Morgan fingerprint density at radius 1 is 1.53 bits per heavy atom. The minimum atomic E-state index is -0.287. The van der Waals surface area contributed by atoms with Gasteiger partial charge in [-0.25, -0.2) is 0 Å². The summed E-state index contributed by atoms with van der Waals surface area (Å²) in [5.41, 5.74) is 1.99. The van der Waals surface area contributed by atoms with Crippen LogP contribution >= 0.6 is 0 Å². The van der Waals surface area contributed by atoms with Gasteiger partial charge in [0.05, 0.1) is 6.61 Å². The van der Waals surface area contributed by atoms with Crippen LogP contribution in [-0.4, -0.2) is 24.5 Å². The van der Waals surface area contributed by atoms with E-state index < -0.39 is 0 Å². The molecule has 1 aromatic rings. The molecule has 0 spiro atoms. The first kappa shape index (κ1) is 11.6. The van der Waals surface area contributed by atoms with Crippen molar-refractivity contribution in [2.45, 2.75) is 26.3 Å². The molecule has 4 heteroatoms. The van der Waals surface area contributed by atoms with Gasteiger partial charge in [0.1, 0.15) is 6.04 Å². The topological polar surface area (TPSA) is 53.4 Å². The second-order valence-electron chi connectivity index (χ2n) is 4.03. The van der Waals surface area contributed by atoms with Crippen molar-refractivity contribution in [3.05, 3.63) is 29.8 Å². The lowest BCUT2D eigenvalue weighted by Gasteiger charge is -2.24. The van der Waals surface area contributed by atoms with E-state index in [-0.39, 0.29) is 17.8 Å². The maximum absolute atomic E-state index is 11.7. The molecule has 0 saturated heterocycles. The number of para-hydroxylation sites is 1. The summed E-state index contributed by atoms with van der Waals surface area (Å²) in [7, 11) is 0. The molecule has 1 unspecified atom stereocenters. The smallest absolute Gasteiger partial charge is 0.224 e. The average Bonchev–Trinajstić information content (AvgIpc) is 2.68. The molecular weight excluding hydrogens is 216 g/mol. The molecule has 1 aliphatic rings. The Kier molecular flexibility index (Phi) is 3.13. The number of rotatable bonds is 2. The number of ether oxygens (including phenoxy) is 1. The number of fused-ring (bicyclic) bond motifs is 1. The van der Waals surface area contributed by atoms with Gasteiger partial charge < -0.3 is 4.74 Å². The standard InChI is InChI=1S/C13H16N2O2/c1-3-17-13(14)12-8-10-6-4-5-7-11(10)15(12)9(2)16/h4-7,12,14H,3,8H2,1-2H3. The Balaban J connectivity index is 2.33. The van der Waals surface area contributed by atoms with Gasteiger partial charge in [-0.05, 0) is 18.6 Å². The Morgan fingerprint density at radius 3 is 2.88 bits per heavy atom. The van der Waals surface area contributed by atoms with Crippen molar-refractivity contribution in [2.24, 2.45) is 0 Å². The van der Waals surface area contributed by atoms with Crippen LogP contribution in [0.4, 0.5) is 5.69 Å². The molecule has 1 atom stereocenters. The molecule has 0 bridgehead atoms. The van der Waals surface area contributed by atoms with Crippen LogP contribution in [0.1, 0.15) is 19.4 Å². The van der Waals surface area contributed by atoms with Crippen molar-refractivity contribution in [1.82, 2.24) is 0 Å². The number of carbonyl (C=O) groups is 1. The molecule has 1 aromatic carbocycles. The van der Waals surface area contributed by atoms with E-state index in [1.54, 1.807) is 4.90 Å². The molecule has 0 aliphatic carbocycles. The Morgan fingerprint density at radius 2 is 2.24 bits per heavy atom. The van der Waals surface area contributed by atoms with Crippen LogP contribution in [0.5, 0.6) is 0 Å². The lowest BCUT2D eigenvalue weighted by molar-refractivity contribution is -0.116. The zero-order valence-electron chi connectivity index (χ0n) is 10.1. The van der Waals surface area contributed by atoms with Crippen LogP contribution in [0, 0.1) is 5.41 Å². The van der Waals surface area contributed by atoms with Crippen molar-refractivity contribution < 1.29 is 9.53 Å². The number of hydrogen-bond donors (Lipinski definition) is 1. The molecule has 1 aliphatic heterocycles. The highest BCUT2D eigenvalue weighted by Gasteiger charge is 2.35. The highest BCUT2D eigenvalue weighted by atomic mass is 16.5. The maximum Gasteiger partial charge on any atom is 0.224 e. The molecule has 4 nitrogen and oxygen atoms in total. The molecule has 1 N–H and O–H groups in total. The Hall–Kier alpha value is -1.84. The fraction of sp³-hybridized carbons (Fsp3) is 0.385. The number of anilines is 1. The minimum absolute atomic E-state index is 0.0515.